The van der Waals surface area contributed by atoms with Gasteiger partial charge in [0, 0.05) is 39.5 Å². The van der Waals surface area contributed by atoms with Crippen LogP contribution in [0.25, 0.3) is 11.4 Å². The van der Waals surface area contributed by atoms with Gasteiger partial charge in [-0.25, -0.2) is 14.6 Å². The van der Waals surface area contributed by atoms with Crippen LogP contribution in [-0.4, -0.2) is 67.2 Å². The van der Waals surface area contributed by atoms with Gasteiger partial charge in [-0.05, 0) is 42.6 Å². The molecular formula is C34H47N3O6Si. The molecule has 0 saturated carbocycles. The van der Waals surface area contributed by atoms with Crippen molar-refractivity contribution in [1.82, 2.24) is 14.5 Å². The lowest BCUT2D eigenvalue weighted by atomic mass is 10.0. The Morgan fingerprint density at radius 2 is 1.61 bits per heavy atom. The molecule has 1 amide bonds. The number of esters is 2. The average Bonchev–Trinajstić information content (AvgIpc) is 3.45. The van der Waals surface area contributed by atoms with Crippen LogP contribution in [0.1, 0.15) is 76.3 Å². The summed E-state index contributed by atoms with van der Waals surface area (Å²) in [5, 5.41) is 0. The largest absolute Gasteiger partial charge is 0.465 e. The first-order valence-electron chi connectivity index (χ1n) is 15.5. The minimum absolute atomic E-state index is 0.0589. The molecule has 44 heavy (non-hydrogen) atoms. The summed E-state index contributed by atoms with van der Waals surface area (Å²) in [5.74, 6) is -0.974. The molecule has 0 aliphatic rings. The van der Waals surface area contributed by atoms with Crippen molar-refractivity contribution in [2.24, 2.45) is 0 Å². The molecule has 1 heterocycles. The third kappa shape index (κ3) is 10.2. The number of methoxy groups -OCH3 is 1. The van der Waals surface area contributed by atoms with Gasteiger partial charge >= 0.3 is 11.9 Å². The molecule has 0 spiro atoms. The van der Waals surface area contributed by atoms with E-state index >= 15 is 0 Å². The van der Waals surface area contributed by atoms with Crippen LogP contribution in [0, 0.1) is 0 Å². The maximum Gasteiger partial charge on any atom is 0.339 e. The smallest absolute Gasteiger partial charge is 0.339 e. The lowest BCUT2D eigenvalue weighted by molar-refractivity contribution is 0.0473. The predicted octanol–water partition coefficient (Wildman–Crippen LogP) is 7.05. The van der Waals surface area contributed by atoms with Crippen LogP contribution in [0.2, 0.25) is 25.7 Å². The summed E-state index contributed by atoms with van der Waals surface area (Å²) >= 11 is 0. The van der Waals surface area contributed by atoms with Crippen molar-refractivity contribution in [2.75, 3.05) is 26.8 Å². The fourth-order valence-electron chi connectivity index (χ4n) is 4.50. The summed E-state index contributed by atoms with van der Waals surface area (Å²) in [5.41, 5.74) is 1.88. The molecule has 238 valence electrons. The second kappa shape index (κ2) is 16.9. The van der Waals surface area contributed by atoms with Gasteiger partial charge in [-0.2, -0.15) is 0 Å². The number of ether oxygens (including phenoxy) is 3. The number of amides is 1. The van der Waals surface area contributed by atoms with Gasteiger partial charge < -0.3 is 23.7 Å². The Bertz CT molecular complexity index is 1380. The summed E-state index contributed by atoms with van der Waals surface area (Å²) in [6.45, 7) is 13.1. The molecule has 0 radical (unpaired) electrons. The van der Waals surface area contributed by atoms with Crippen LogP contribution < -0.4 is 0 Å². The molecule has 0 N–H and O–H groups in total. The van der Waals surface area contributed by atoms with E-state index in [1.807, 2.05) is 35.2 Å². The first kappa shape index (κ1) is 34.7. The van der Waals surface area contributed by atoms with Crippen molar-refractivity contribution in [3.8, 4) is 11.4 Å². The van der Waals surface area contributed by atoms with Crippen LogP contribution in [0.3, 0.4) is 0 Å². The topological polar surface area (TPSA) is 100.0 Å². The highest BCUT2D eigenvalue weighted by Gasteiger charge is 2.25. The van der Waals surface area contributed by atoms with Crippen LogP contribution in [-0.2, 0) is 27.5 Å². The molecule has 9 nitrogen and oxygen atoms in total. The second-order valence-corrected chi connectivity index (χ2v) is 17.7. The molecule has 3 rings (SSSR count). The molecule has 0 fully saturated rings. The lowest BCUT2D eigenvalue weighted by Crippen LogP contribution is -2.33. The molecule has 0 saturated heterocycles. The third-order valence-electron chi connectivity index (χ3n) is 7.19. The quantitative estimate of drug-likeness (QED) is 0.0905. The van der Waals surface area contributed by atoms with Crippen molar-refractivity contribution in [1.29, 1.82) is 0 Å². The molecular weight excluding hydrogens is 574 g/mol. The molecule has 1 aromatic heterocycles. The Kier molecular flexibility index (Phi) is 13.3. The number of hydrogen-bond acceptors (Lipinski definition) is 7. The highest BCUT2D eigenvalue weighted by Crippen LogP contribution is 2.27. The average molecular weight is 622 g/mol. The van der Waals surface area contributed by atoms with Crippen LogP contribution in [0.15, 0.2) is 54.7 Å². The van der Waals surface area contributed by atoms with E-state index in [0.717, 1.165) is 37.3 Å². The number of rotatable bonds is 17. The Morgan fingerprint density at radius 1 is 0.932 bits per heavy atom. The number of aromatic nitrogens is 2. The van der Waals surface area contributed by atoms with E-state index in [9.17, 15) is 14.4 Å². The van der Waals surface area contributed by atoms with Gasteiger partial charge in [-0.3, -0.25) is 4.79 Å². The molecule has 0 unspecified atom stereocenters. The first-order chi connectivity index (χ1) is 21.1. The van der Waals surface area contributed by atoms with E-state index in [2.05, 4.69) is 33.5 Å². The molecule has 0 aliphatic heterocycles. The summed E-state index contributed by atoms with van der Waals surface area (Å²) in [7, 11) is -0.0372. The van der Waals surface area contributed by atoms with Gasteiger partial charge in [0.15, 0.2) is 0 Å². The van der Waals surface area contributed by atoms with Crippen molar-refractivity contribution < 1.29 is 28.6 Å². The number of benzene rings is 2. The van der Waals surface area contributed by atoms with Crippen molar-refractivity contribution >= 4 is 25.9 Å². The Morgan fingerprint density at radius 3 is 2.23 bits per heavy atom. The summed E-state index contributed by atoms with van der Waals surface area (Å²) in [6.07, 6.45) is 5.44. The fourth-order valence-corrected chi connectivity index (χ4v) is 5.26. The van der Waals surface area contributed by atoms with Gasteiger partial charge in [0.05, 0.1) is 18.2 Å². The van der Waals surface area contributed by atoms with Crippen molar-refractivity contribution in [2.45, 2.75) is 78.6 Å². The number of carbonyl (C=O) groups excluding carboxylic acids is 3. The van der Waals surface area contributed by atoms with Crippen molar-refractivity contribution in [3.63, 3.8) is 0 Å². The molecule has 3 aromatic rings. The minimum Gasteiger partial charge on any atom is -0.465 e. The van der Waals surface area contributed by atoms with E-state index < -0.39 is 20.0 Å². The van der Waals surface area contributed by atoms with E-state index in [-0.39, 0.29) is 36.1 Å². The first-order valence-corrected chi connectivity index (χ1v) is 19.2. The van der Waals surface area contributed by atoms with E-state index in [0.29, 0.717) is 31.1 Å². The van der Waals surface area contributed by atoms with E-state index in [4.69, 9.17) is 19.2 Å². The summed E-state index contributed by atoms with van der Waals surface area (Å²) < 4.78 is 18.4. The van der Waals surface area contributed by atoms with Gasteiger partial charge in [0.1, 0.15) is 24.9 Å². The van der Waals surface area contributed by atoms with Gasteiger partial charge in [0.25, 0.3) is 5.91 Å². The number of hydrogen-bond donors (Lipinski definition) is 0. The molecule has 0 atom stereocenters. The Labute approximate surface area is 262 Å². The number of carbonyl (C=O) groups is 3. The van der Waals surface area contributed by atoms with Gasteiger partial charge in [-0.15, -0.1) is 0 Å². The number of nitrogens with zero attached hydrogens (tertiary/aromatic N) is 3. The summed E-state index contributed by atoms with van der Waals surface area (Å²) in [6, 6.07) is 15.0. The van der Waals surface area contributed by atoms with Crippen LogP contribution in [0.4, 0.5) is 0 Å². The standard InChI is InChI=1S/C34H47N3O6Si/c1-7-9-18-36(19-10-8-2)32(38)30-23-37(25-42-20-21-44(4,5)6)31(35-30)28-17-16-27(33(39)41-3)22-29(28)34(40)43-24-26-14-12-11-13-15-26/h11-17,22-23H,7-10,18-21,24-25H2,1-6H3. The molecule has 10 heteroatoms. The maximum absolute atomic E-state index is 13.7. The maximum atomic E-state index is 13.7. The zero-order chi connectivity index (χ0) is 32.1. The molecule has 0 bridgehead atoms. The Hall–Kier alpha value is -3.76. The fraction of sp³-hybridized carbons (Fsp3) is 0.471. The predicted molar refractivity (Wildman–Crippen MR) is 174 cm³/mol. The highest BCUT2D eigenvalue weighted by molar-refractivity contribution is 6.76. The molecule has 0 aliphatic carbocycles. The zero-order valence-corrected chi connectivity index (χ0v) is 28.1. The van der Waals surface area contributed by atoms with E-state index in [1.165, 1.54) is 13.2 Å². The zero-order valence-electron chi connectivity index (χ0n) is 27.1. The number of imidazole rings is 1. The van der Waals surface area contributed by atoms with Crippen LogP contribution >= 0.6 is 0 Å². The van der Waals surface area contributed by atoms with Gasteiger partial charge in [0.2, 0.25) is 0 Å². The highest BCUT2D eigenvalue weighted by atomic mass is 28.3. The Balaban J connectivity index is 2.05. The third-order valence-corrected chi connectivity index (χ3v) is 8.89. The normalized spacial score (nSPS) is 11.3. The van der Waals surface area contributed by atoms with Crippen molar-refractivity contribution in [3.05, 3.63) is 77.1 Å². The monoisotopic (exact) mass is 621 g/mol. The lowest BCUT2D eigenvalue weighted by Gasteiger charge is -2.21. The summed E-state index contributed by atoms with van der Waals surface area (Å²) in [4.78, 5) is 46.3. The second-order valence-electron chi connectivity index (χ2n) is 12.1. The molecule has 2 aromatic carbocycles. The number of unbranched alkanes of at least 4 members (excludes halogenated alkanes) is 2. The SMILES string of the molecule is CCCCN(CCCC)C(=O)c1cn(COCC[Si](C)(C)C)c(-c2ccc(C(=O)OC)cc2C(=O)OCc2ccccc2)n1. The minimum atomic E-state index is -1.32. The van der Waals surface area contributed by atoms with Crippen LogP contribution in [0.5, 0.6) is 0 Å². The van der Waals surface area contributed by atoms with E-state index in [1.54, 1.807) is 22.9 Å². The van der Waals surface area contributed by atoms with Gasteiger partial charge in [-0.1, -0.05) is 76.7 Å².